The van der Waals surface area contributed by atoms with Crippen LogP contribution in [0.1, 0.15) is 18.9 Å². The molecule has 3 nitrogen and oxygen atoms in total. The molecule has 0 spiro atoms. The van der Waals surface area contributed by atoms with Crippen molar-refractivity contribution in [1.29, 1.82) is 5.26 Å². The highest BCUT2D eigenvalue weighted by Crippen LogP contribution is 2.24. The topological polar surface area (TPSA) is 30.3 Å². The van der Waals surface area contributed by atoms with E-state index in [1.807, 2.05) is 20.2 Å². The minimum Gasteiger partial charge on any atom is -0.369 e. The molecule has 0 bridgehead atoms. The summed E-state index contributed by atoms with van der Waals surface area (Å²) in [4.78, 5) is 4.36. The lowest BCUT2D eigenvalue weighted by Gasteiger charge is -2.27. The number of benzene rings is 1. The smallest absolute Gasteiger partial charge is 0.101 e. The molecule has 0 unspecified atom stereocenters. The molecule has 0 heterocycles. The van der Waals surface area contributed by atoms with Gasteiger partial charge in [0.05, 0.1) is 11.3 Å². The summed E-state index contributed by atoms with van der Waals surface area (Å²) in [6.45, 7) is 4.93. The van der Waals surface area contributed by atoms with E-state index < -0.39 is 0 Å². The fourth-order valence-corrected chi connectivity index (χ4v) is 1.97. The Morgan fingerprint density at radius 1 is 1.22 bits per heavy atom. The van der Waals surface area contributed by atoms with Crippen LogP contribution in [0.3, 0.4) is 0 Å². The van der Waals surface area contributed by atoms with Gasteiger partial charge in [-0.2, -0.15) is 5.26 Å². The van der Waals surface area contributed by atoms with Crippen molar-refractivity contribution in [3.63, 3.8) is 0 Å². The van der Waals surface area contributed by atoms with E-state index in [4.69, 9.17) is 11.6 Å². The molecule has 1 rings (SSSR count). The molecule has 0 aliphatic carbocycles. The number of hydrogen-bond acceptors (Lipinski definition) is 3. The quantitative estimate of drug-likeness (QED) is 0.792. The highest BCUT2D eigenvalue weighted by Gasteiger charge is 2.11. The van der Waals surface area contributed by atoms with Gasteiger partial charge in [0.15, 0.2) is 0 Å². The van der Waals surface area contributed by atoms with Crippen LogP contribution in [0.2, 0.25) is 5.02 Å². The lowest BCUT2D eigenvalue weighted by atomic mass is 10.1. The summed E-state index contributed by atoms with van der Waals surface area (Å²) in [5.41, 5.74) is 1.63. The molecular weight excluding hydrogens is 246 g/mol. The summed E-state index contributed by atoms with van der Waals surface area (Å²) in [5, 5.41) is 9.85. The Balaban J connectivity index is 2.97. The molecule has 18 heavy (non-hydrogen) atoms. The normalized spacial score (nSPS) is 10.4. The Morgan fingerprint density at radius 3 is 2.50 bits per heavy atom. The molecule has 0 saturated carbocycles. The van der Waals surface area contributed by atoms with Crippen molar-refractivity contribution in [2.75, 3.05) is 38.6 Å². The third-order valence-corrected chi connectivity index (χ3v) is 2.97. The maximum Gasteiger partial charge on any atom is 0.101 e. The van der Waals surface area contributed by atoms with Crippen LogP contribution in [-0.4, -0.2) is 38.6 Å². The fraction of sp³-hybridized carbons (Fsp3) is 0.500. The van der Waals surface area contributed by atoms with Crippen LogP contribution >= 0.6 is 11.6 Å². The first kappa shape index (κ1) is 14.8. The van der Waals surface area contributed by atoms with Crippen LogP contribution in [0.5, 0.6) is 0 Å². The Kier molecular flexibility index (Phi) is 5.97. The molecular formula is C14H20ClN3. The zero-order valence-corrected chi connectivity index (χ0v) is 12.0. The van der Waals surface area contributed by atoms with E-state index in [9.17, 15) is 5.26 Å². The van der Waals surface area contributed by atoms with Crippen molar-refractivity contribution in [1.82, 2.24) is 4.90 Å². The van der Waals surface area contributed by atoms with Gasteiger partial charge in [-0.15, -0.1) is 0 Å². The fourth-order valence-electron chi connectivity index (χ4n) is 1.80. The van der Waals surface area contributed by atoms with Crippen LogP contribution in [0.25, 0.3) is 0 Å². The number of likely N-dealkylation sites (N-methyl/N-ethyl adjacent to an activating group) is 1. The Bertz CT molecular complexity index is 424. The van der Waals surface area contributed by atoms with Gasteiger partial charge in [-0.3, -0.25) is 0 Å². The van der Waals surface area contributed by atoms with Gasteiger partial charge in [0, 0.05) is 24.7 Å². The third kappa shape index (κ3) is 4.21. The molecule has 0 saturated heterocycles. The number of rotatable bonds is 6. The number of anilines is 1. The lowest BCUT2D eigenvalue weighted by Crippen LogP contribution is -2.32. The van der Waals surface area contributed by atoms with Crippen LogP contribution < -0.4 is 4.90 Å². The summed E-state index contributed by atoms with van der Waals surface area (Å²) < 4.78 is 0. The van der Waals surface area contributed by atoms with E-state index >= 15 is 0 Å². The van der Waals surface area contributed by atoms with Crippen molar-refractivity contribution < 1.29 is 0 Å². The van der Waals surface area contributed by atoms with Crippen molar-refractivity contribution in [2.24, 2.45) is 0 Å². The molecule has 0 aromatic heterocycles. The van der Waals surface area contributed by atoms with Crippen LogP contribution in [-0.2, 0) is 0 Å². The van der Waals surface area contributed by atoms with Gasteiger partial charge in [0.1, 0.15) is 6.07 Å². The Labute approximate surface area is 115 Å². The monoisotopic (exact) mass is 265 g/mol. The number of hydrogen-bond donors (Lipinski definition) is 0. The summed E-state index contributed by atoms with van der Waals surface area (Å²) in [5.74, 6) is 0. The Morgan fingerprint density at radius 2 is 1.94 bits per heavy atom. The molecule has 98 valence electrons. The highest BCUT2D eigenvalue weighted by atomic mass is 35.5. The van der Waals surface area contributed by atoms with Crippen LogP contribution in [0, 0.1) is 11.3 Å². The molecule has 0 fully saturated rings. The summed E-state index contributed by atoms with van der Waals surface area (Å²) in [6.07, 6.45) is 1.05. The predicted octanol–water partition coefficient (Wildman–Crippen LogP) is 2.99. The molecule has 0 aliphatic rings. The van der Waals surface area contributed by atoms with E-state index in [1.54, 1.807) is 12.1 Å². The molecule has 4 heteroatoms. The average Bonchev–Trinajstić information content (AvgIpc) is 2.34. The predicted molar refractivity (Wildman–Crippen MR) is 77.2 cm³/mol. The number of halogens is 1. The second-order valence-electron chi connectivity index (χ2n) is 4.56. The van der Waals surface area contributed by atoms with Gasteiger partial charge >= 0.3 is 0 Å². The van der Waals surface area contributed by atoms with Crippen molar-refractivity contribution in [3.8, 4) is 6.07 Å². The van der Waals surface area contributed by atoms with Crippen molar-refractivity contribution in [3.05, 3.63) is 28.8 Å². The molecule has 1 aromatic rings. The van der Waals surface area contributed by atoms with E-state index in [0.29, 0.717) is 10.6 Å². The van der Waals surface area contributed by atoms with Gasteiger partial charge in [-0.1, -0.05) is 18.5 Å². The molecule has 0 atom stereocenters. The maximum atomic E-state index is 9.17. The first-order valence-corrected chi connectivity index (χ1v) is 6.55. The molecule has 0 N–H and O–H groups in total. The Hall–Kier alpha value is -1.24. The standard InChI is InChI=1S/C14H20ClN3/c1-4-7-18(9-8-17(2)3)14-10-13(15)6-5-12(14)11-16/h5-6,10H,4,7-9H2,1-3H3. The molecule has 1 aromatic carbocycles. The summed E-state index contributed by atoms with van der Waals surface area (Å²) >= 11 is 6.03. The van der Waals surface area contributed by atoms with Gasteiger partial charge in [0.2, 0.25) is 0 Å². The van der Waals surface area contributed by atoms with Crippen LogP contribution in [0.4, 0.5) is 5.69 Å². The second kappa shape index (κ2) is 7.25. The van der Waals surface area contributed by atoms with E-state index in [1.165, 1.54) is 0 Å². The molecule has 0 amide bonds. The zero-order valence-electron chi connectivity index (χ0n) is 11.3. The van der Waals surface area contributed by atoms with Gasteiger partial charge < -0.3 is 9.80 Å². The SMILES string of the molecule is CCCN(CCN(C)C)c1cc(Cl)ccc1C#N. The van der Waals surface area contributed by atoms with E-state index in [2.05, 4.69) is 22.8 Å². The van der Waals surface area contributed by atoms with Crippen LogP contribution in [0.15, 0.2) is 18.2 Å². The largest absolute Gasteiger partial charge is 0.369 e. The first-order chi connectivity index (χ1) is 8.58. The first-order valence-electron chi connectivity index (χ1n) is 6.17. The zero-order chi connectivity index (χ0) is 13.5. The van der Waals surface area contributed by atoms with Gasteiger partial charge in [-0.25, -0.2) is 0 Å². The average molecular weight is 266 g/mol. The maximum absolute atomic E-state index is 9.17. The molecule has 0 aliphatic heterocycles. The van der Waals surface area contributed by atoms with Gasteiger partial charge in [0.25, 0.3) is 0 Å². The third-order valence-electron chi connectivity index (χ3n) is 2.73. The number of nitrogens with zero attached hydrogens (tertiary/aromatic N) is 3. The van der Waals surface area contributed by atoms with Crippen molar-refractivity contribution >= 4 is 17.3 Å². The van der Waals surface area contributed by atoms with E-state index in [-0.39, 0.29) is 0 Å². The highest BCUT2D eigenvalue weighted by molar-refractivity contribution is 6.30. The number of nitriles is 1. The summed E-state index contributed by atoms with van der Waals surface area (Å²) in [7, 11) is 4.10. The molecule has 0 radical (unpaired) electrons. The minimum atomic E-state index is 0.676. The van der Waals surface area contributed by atoms with Crippen molar-refractivity contribution in [2.45, 2.75) is 13.3 Å². The van der Waals surface area contributed by atoms with Gasteiger partial charge in [-0.05, 0) is 38.7 Å². The lowest BCUT2D eigenvalue weighted by molar-refractivity contribution is 0.413. The summed E-state index contributed by atoms with van der Waals surface area (Å²) in [6, 6.07) is 7.67. The second-order valence-corrected chi connectivity index (χ2v) is 5.00. The minimum absolute atomic E-state index is 0.676. The van der Waals surface area contributed by atoms with E-state index in [0.717, 1.165) is 31.7 Å².